The highest BCUT2D eigenvalue weighted by atomic mass is 19.4. The molecule has 0 aromatic heterocycles. The van der Waals surface area contributed by atoms with Gasteiger partial charge in [0.15, 0.2) is 0 Å². The summed E-state index contributed by atoms with van der Waals surface area (Å²) in [5.41, 5.74) is 5.37. The summed E-state index contributed by atoms with van der Waals surface area (Å²) in [6, 6.07) is 0. The van der Waals surface area contributed by atoms with Crippen molar-refractivity contribution in [3.8, 4) is 0 Å². The average molecular weight is 240 g/mol. The van der Waals surface area contributed by atoms with E-state index in [-0.39, 0.29) is 19.2 Å². The standard InChI is InChI=1S/C9H15F3N2O2/c10-9(11,12)2-1-8(15)14-3-4-16-7(5-13)6-14/h7H,1-6,13H2. The molecule has 16 heavy (non-hydrogen) atoms. The predicted octanol–water partition coefficient (Wildman–Crippen LogP) is 0.515. The number of nitrogens with zero attached hydrogens (tertiary/aromatic N) is 1. The van der Waals surface area contributed by atoms with Crippen LogP contribution in [0, 0.1) is 0 Å². The van der Waals surface area contributed by atoms with Crippen molar-refractivity contribution < 1.29 is 22.7 Å². The number of amides is 1. The van der Waals surface area contributed by atoms with Crippen molar-refractivity contribution in [1.29, 1.82) is 0 Å². The molecule has 0 aliphatic carbocycles. The van der Waals surface area contributed by atoms with Gasteiger partial charge >= 0.3 is 6.18 Å². The summed E-state index contributed by atoms with van der Waals surface area (Å²) in [5.74, 6) is -0.487. The van der Waals surface area contributed by atoms with E-state index in [1.54, 1.807) is 0 Å². The van der Waals surface area contributed by atoms with Crippen molar-refractivity contribution in [3.05, 3.63) is 0 Å². The molecule has 1 amide bonds. The monoisotopic (exact) mass is 240 g/mol. The molecule has 1 aliphatic rings. The van der Waals surface area contributed by atoms with Gasteiger partial charge in [0.05, 0.1) is 19.1 Å². The molecule has 1 unspecified atom stereocenters. The Bertz CT molecular complexity index is 245. The molecule has 0 bridgehead atoms. The lowest BCUT2D eigenvalue weighted by Crippen LogP contribution is -2.48. The molecule has 0 spiro atoms. The van der Waals surface area contributed by atoms with Crippen LogP contribution < -0.4 is 5.73 Å². The maximum atomic E-state index is 11.9. The molecule has 0 radical (unpaired) electrons. The first-order valence-corrected chi connectivity index (χ1v) is 5.08. The quantitative estimate of drug-likeness (QED) is 0.782. The van der Waals surface area contributed by atoms with E-state index in [4.69, 9.17) is 10.5 Å². The van der Waals surface area contributed by atoms with Crippen LogP contribution in [0.5, 0.6) is 0 Å². The van der Waals surface area contributed by atoms with E-state index in [2.05, 4.69) is 0 Å². The third kappa shape index (κ3) is 4.36. The number of morpholine rings is 1. The van der Waals surface area contributed by atoms with Crippen LogP contribution in [0.4, 0.5) is 13.2 Å². The zero-order valence-electron chi connectivity index (χ0n) is 8.79. The van der Waals surface area contributed by atoms with Gasteiger partial charge in [0.2, 0.25) is 5.91 Å². The van der Waals surface area contributed by atoms with Gasteiger partial charge in [0, 0.05) is 26.1 Å². The maximum absolute atomic E-state index is 11.9. The summed E-state index contributed by atoms with van der Waals surface area (Å²) in [7, 11) is 0. The Balaban J connectivity index is 2.36. The molecule has 0 aromatic carbocycles. The van der Waals surface area contributed by atoms with E-state index in [1.165, 1.54) is 4.90 Å². The second-order valence-electron chi connectivity index (χ2n) is 3.68. The molecular weight excluding hydrogens is 225 g/mol. The van der Waals surface area contributed by atoms with E-state index in [0.717, 1.165) is 0 Å². The molecule has 0 aromatic rings. The Morgan fingerprint density at radius 2 is 2.19 bits per heavy atom. The third-order valence-corrected chi connectivity index (χ3v) is 2.38. The number of rotatable bonds is 3. The maximum Gasteiger partial charge on any atom is 0.389 e. The first kappa shape index (κ1) is 13.2. The lowest BCUT2D eigenvalue weighted by Gasteiger charge is -2.32. The Morgan fingerprint density at radius 3 is 2.75 bits per heavy atom. The molecule has 2 N–H and O–H groups in total. The molecular formula is C9H15F3N2O2. The lowest BCUT2D eigenvalue weighted by molar-refractivity contribution is -0.152. The fraction of sp³-hybridized carbons (Fsp3) is 0.889. The van der Waals surface area contributed by atoms with Crippen LogP contribution in [-0.4, -0.2) is 49.3 Å². The van der Waals surface area contributed by atoms with Crippen molar-refractivity contribution >= 4 is 5.91 Å². The average Bonchev–Trinajstić information content (AvgIpc) is 2.25. The summed E-state index contributed by atoms with van der Waals surface area (Å²) in [6.07, 6.45) is -6.12. The predicted molar refractivity (Wildman–Crippen MR) is 50.7 cm³/mol. The molecule has 1 atom stereocenters. The van der Waals surface area contributed by atoms with Gasteiger partial charge in [-0.15, -0.1) is 0 Å². The SMILES string of the molecule is NCC1CN(C(=O)CCC(F)(F)F)CCO1. The van der Waals surface area contributed by atoms with Crippen LogP contribution in [0.2, 0.25) is 0 Å². The van der Waals surface area contributed by atoms with Crippen molar-refractivity contribution in [3.63, 3.8) is 0 Å². The summed E-state index contributed by atoms with van der Waals surface area (Å²) < 4.78 is 40.9. The van der Waals surface area contributed by atoms with Crippen LogP contribution in [0.3, 0.4) is 0 Å². The number of nitrogens with two attached hydrogens (primary N) is 1. The van der Waals surface area contributed by atoms with Crippen LogP contribution in [-0.2, 0) is 9.53 Å². The molecule has 1 rings (SSSR count). The van der Waals surface area contributed by atoms with Gasteiger partial charge in [-0.3, -0.25) is 4.79 Å². The van der Waals surface area contributed by atoms with E-state index in [1.807, 2.05) is 0 Å². The van der Waals surface area contributed by atoms with E-state index in [9.17, 15) is 18.0 Å². The van der Waals surface area contributed by atoms with Crippen LogP contribution in [0.1, 0.15) is 12.8 Å². The van der Waals surface area contributed by atoms with Gasteiger partial charge in [-0.2, -0.15) is 13.2 Å². The highest BCUT2D eigenvalue weighted by Gasteiger charge is 2.30. The summed E-state index contributed by atoms with van der Waals surface area (Å²) in [5, 5.41) is 0. The van der Waals surface area contributed by atoms with E-state index < -0.39 is 24.9 Å². The summed E-state index contributed by atoms with van der Waals surface area (Å²) in [4.78, 5) is 12.8. The largest absolute Gasteiger partial charge is 0.389 e. The normalized spacial score (nSPS) is 22.2. The van der Waals surface area contributed by atoms with Gasteiger partial charge in [-0.1, -0.05) is 0 Å². The van der Waals surface area contributed by atoms with Crippen LogP contribution in [0.15, 0.2) is 0 Å². The lowest BCUT2D eigenvalue weighted by atomic mass is 10.2. The Hall–Kier alpha value is -0.820. The smallest absolute Gasteiger partial charge is 0.373 e. The first-order chi connectivity index (χ1) is 7.42. The van der Waals surface area contributed by atoms with Gasteiger partial charge in [-0.05, 0) is 0 Å². The third-order valence-electron chi connectivity index (χ3n) is 2.38. The van der Waals surface area contributed by atoms with Crippen molar-refractivity contribution in [1.82, 2.24) is 4.90 Å². The minimum atomic E-state index is -4.28. The van der Waals surface area contributed by atoms with Crippen molar-refractivity contribution in [2.75, 3.05) is 26.2 Å². The molecule has 4 nitrogen and oxygen atoms in total. The second kappa shape index (κ2) is 5.49. The number of hydrogen-bond acceptors (Lipinski definition) is 3. The summed E-state index contributed by atoms with van der Waals surface area (Å²) >= 11 is 0. The number of ether oxygens (including phenoxy) is 1. The van der Waals surface area contributed by atoms with Crippen LogP contribution >= 0.6 is 0 Å². The fourth-order valence-electron chi connectivity index (χ4n) is 1.50. The van der Waals surface area contributed by atoms with Crippen molar-refractivity contribution in [2.45, 2.75) is 25.1 Å². The molecule has 1 saturated heterocycles. The Morgan fingerprint density at radius 1 is 1.50 bits per heavy atom. The first-order valence-electron chi connectivity index (χ1n) is 5.08. The highest BCUT2D eigenvalue weighted by molar-refractivity contribution is 5.76. The Kier molecular flexibility index (Phi) is 4.55. The molecule has 1 aliphatic heterocycles. The van der Waals surface area contributed by atoms with E-state index in [0.29, 0.717) is 13.2 Å². The molecule has 1 fully saturated rings. The number of carbonyl (C=O) groups is 1. The highest BCUT2D eigenvalue weighted by Crippen LogP contribution is 2.22. The molecule has 0 saturated carbocycles. The van der Waals surface area contributed by atoms with Gasteiger partial charge in [0.1, 0.15) is 0 Å². The zero-order chi connectivity index (χ0) is 12.2. The molecule has 7 heteroatoms. The Labute approximate surface area is 91.5 Å². The van der Waals surface area contributed by atoms with Gasteiger partial charge in [0.25, 0.3) is 0 Å². The number of alkyl halides is 3. The topological polar surface area (TPSA) is 55.6 Å². The number of halogens is 3. The number of hydrogen-bond donors (Lipinski definition) is 1. The second-order valence-corrected chi connectivity index (χ2v) is 3.68. The van der Waals surface area contributed by atoms with E-state index >= 15 is 0 Å². The van der Waals surface area contributed by atoms with Crippen molar-refractivity contribution in [2.24, 2.45) is 5.73 Å². The molecule has 1 heterocycles. The van der Waals surface area contributed by atoms with Gasteiger partial charge < -0.3 is 15.4 Å². The summed E-state index contributed by atoms with van der Waals surface area (Å²) in [6.45, 7) is 1.23. The number of carbonyl (C=O) groups excluding carboxylic acids is 1. The molecule has 94 valence electrons. The zero-order valence-corrected chi connectivity index (χ0v) is 8.79. The van der Waals surface area contributed by atoms with Crippen LogP contribution in [0.25, 0.3) is 0 Å². The fourth-order valence-corrected chi connectivity index (χ4v) is 1.50. The minimum absolute atomic E-state index is 0.261. The minimum Gasteiger partial charge on any atom is -0.373 e. The van der Waals surface area contributed by atoms with Gasteiger partial charge in [-0.25, -0.2) is 0 Å².